The van der Waals surface area contributed by atoms with Crippen molar-refractivity contribution in [2.24, 2.45) is 5.84 Å². The Morgan fingerprint density at radius 1 is 1.16 bits per heavy atom. The highest BCUT2D eigenvalue weighted by molar-refractivity contribution is 5.83. The number of hydrazine groups is 1. The number of nitrogens with zero attached hydrogens (tertiary/aromatic N) is 2. The third kappa shape index (κ3) is 1.92. The second-order valence-corrected chi connectivity index (χ2v) is 4.26. The molecule has 2 heterocycles. The molecule has 19 heavy (non-hydrogen) atoms. The molecule has 0 saturated carbocycles. The fraction of sp³-hybridized carbons (Fsp3) is 0.0769. The molecule has 0 fully saturated rings. The minimum absolute atomic E-state index is 0.230. The second-order valence-electron chi connectivity index (χ2n) is 4.26. The van der Waals surface area contributed by atoms with Gasteiger partial charge < -0.3 is 5.73 Å². The quantitative estimate of drug-likeness (QED) is 0.413. The van der Waals surface area contributed by atoms with E-state index in [1.165, 1.54) is 0 Å². The number of H-pyrrole nitrogens is 1. The van der Waals surface area contributed by atoms with E-state index >= 15 is 0 Å². The number of anilines is 1. The average Bonchev–Trinajstić information content (AvgIpc) is 2.86. The van der Waals surface area contributed by atoms with Gasteiger partial charge in [0.2, 0.25) is 0 Å². The number of fused-ring (bicyclic) bond motifs is 1. The topological polar surface area (TPSA) is 106 Å². The van der Waals surface area contributed by atoms with E-state index in [1.54, 1.807) is 12.4 Å². The van der Waals surface area contributed by atoms with Gasteiger partial charge in [0.25, 0.3) is 0 Å². The molecule has 0 aliphatic heterocycles. The Hall–Kier alpha value is -2.44. The van der Waals surface area contributed by atoms with Gasteiger partial charge in [0.1, 0.15) is 5.82 Å². The molecule has 2 aromatic heterocycles. The maximum absolute atomic E-state index is 5.87. The first-order chi connectivity index (χ1) is 9.31. The van der Waals surface area contributed by atoms with Gasteiger partial charge in [0, 0.05) is 17.1 Å². The first-order valence-electron chi connectivity index (χ1n) is 5.90. The van der Waals surface area contributed by atoms with E-state index in [9.17, 15) is 0 Å². The van der Waals surface area contributed by atoms with Gasteiger partial charge in [-0.1, -0.05) is 18.2 Å². The van der Waals surface area contributed by atoms with Crippen molar-refractivity contribution in [2.75, 3.05) is 5.73 Å². The monoisotopic (exact) mass is 254 g/mol. The highest BCUT2D eigenvalue weighted by atomic mass is 15.2. The lowest BCUT2D eigenvalue weighted by Gasteiger charge is -2.17. The lowest BCUT2D eigenvalue weighted by Crippen LogP contribution is -2.29. The normalized spacial score (nSPS) is 12.7. The Morgan fingerprint density at radius 3 is 2.79 bits per heavy atom. The molecule has 96 valence electrons. The van der Waals surface area contributed by atoms with E-state index in [2.05, 4.69) is 20.6 Å². The van der Waals surface area contributed by atoms with Crippen LogP contribution in [-0.2, 0) is 0 Å². The highest BCUT2D eigenvalue weighted by Gasteiger charge is 2.18. The Labute approximate surface area is 109 Å². The van der Waals surface area contributed by atoms with Crippen LogP contribution in [0.5, 0.6) is 0 Å². The zero-order valence-electron chi connectivity index (χ0n) is 10.2. The number of aromatic amines is 1. The number of hydrogen-bond acceptors (Lipinski definition) is 5. The van der Waals surface area contributed by atoms with Crippen molar-refractivity contribution in [1.29, 1.82) is 0 Å². The molecule has 1 aromatic carbocycles. The minimum atomic E-state index is -0.230. The zero-order valence-corrected chi connectivity index (χ0v) is 10.2. The van der Waals surface area contributed by atoms with Gasteiger partial charge in [-0.25, -0.2) is 5.43 Å². The summed E-state index contributed by atoms with van der Waals surface area (Å²) in [5.41, 5.74) is 11.4. The first kappa shape index (κ1) is 11.6. The number of pyridine rings is 1. The molecule has 0 amide bonds. The van der Waals surface area contributed by atoms with Crippen molar-refractivity contribution in [3.8, 4) is 0 Å². The molecular weight excluding hydrogens is 240 g/mol. The van der Waals surface area contributed by atoms with Gasteiger partial charge >= 0.3 is 0 Å². The lowest BCUT2D eigenvalue weighted by atomic mass is 9.97. The van der Waals surface area contributed by atoms with Gasteiger partial charge in [-0.3, -0.25) is 15.9 Å². The summed E-state index contributed by atoms with van der Waals surface area (Å²) < 4.78 is 0. The van der Waals surface area contributed by atoms with Crippen molar-refractivity contribution in [3.63, 3.8) is 0 Å². The number of aromatic nitrogens is 3. The Balaban J connectivity index is 2.20. The predicted octanol–water partition coefficient (Wildman–Crippen LogP) is 1.09. The fourth-order valence-electron chi connectivity index (χ4n) is 2.26. The molecule has 0 aliphatic carbocycles. The van der Waals surface area contributed by atoms with Gasteiger partial charge in [0.15, 0.2) is 0 Å². The minimum Gasteiger partial charge on any atom is -0.384 e. The Kier molecular flexibility index (Phi) is 2.86. The van der Waals surface area contributed by atoms with Crippen LogP contribution < -0.4 is 17.0 Å². The summed E-state index contributed by atoms with van der Waals surface area (Å²) in [5.74, 6) is 6.19. The van der Waals surface area contributed by atoms with Crippen LogP contribution in [0, 0.1) is 0 Å². The van der Waals surface area contributed by atoms with Crippen LogP contribution in [0.3, 0.4) is 0 Å². The van der Waals surface area contributed by atoms with Crippen LogP contribution in [0.25, 0.3) is 10.9 Å². The third-order valence-corrected chi connectivity index (χ3v) is 3.17. The molecule has 3 rings (SSSR count). The van der Waals surface area contributed by atoms with Crippen LogP contribution in [-0.4, -0.2) is 15.2 Å². The summed E-state index contributed by atoms with van der Waals surface area (Å²) in [6.07, 6.45) is 3.44. The van der Waals surface area contributed by atoms with E-state index in [1.807, 2.05) is 30.3 Å². The van der Waals surface area contributed by atoms with Crippen LogP contribution in [0.4, 0.5) is 5.82 Å². The predicted molar refractivity (Wildman–Crippen MR) is 73.9 cm³/mol. The zero-order chi connectivity index (χ0) is 13.2. The SMILES string of the molecule is NNC(c1cn[nH]c1N)c1cccc2ncccc12. The van der Waals surface area contributed by atoms with Crippen molar-refractivity contribution in [3.05, 3.63) is 53.9 Å². The molecule has 0 saturated heterocycles. The fourth-order valence-corrected chi connectivity index (χ4v) is 2.26. The molecule has 6 nitrogen and oxygen atoms in total. The summed E-state index contributed by atoms with van der Waals surface area (Å²) in [4.78, 5) is 4.34. The summed E-state index contributed by atoms with van der Waals surface area (Å²) in [6.45, 7) is 0. The number of nitrogens with one attached hydrogen (secondary N) is 2. The van der Waals surface area contributed by atoms with Gasteiger partial charge in [-0.05, 0) is 17.7 Å². The van der Waals surface area contributed by atoms with E-state index in [-0.39, 0.29) is 6.04 Å². The van der Waals surface area contributed by atoms with Gasteiger partial charge in [0.05, 0.1) is 17.8 Å². The van der Waals surface area contributed by atoms with Crippen LogP contribution in [0.2, 0.25) is 0 Å². The Bertz CT molecular complexity index is 700. The third-order valence-electron chi connectivity index (χ3n) is 3.17. The summed E-state index contributed by atoms with van der Waals surface area (Å²) in [5, 5.41) is 7.69. The number of rotatable bonds is 3. The number of nitrogens with two attached hydrogens (primary N) is 2. The largest absolute Gasteiger partial charge is 0.384 e. The lowest BCUT2D eigenvalue weighted by molar-refractivity contribution is 0.643. The van der Waals surface area contributed by atoms with Crippen LogP contribution >= 0.6 is 0 Å². The summed E-state index contributed by atoms with van der Waals surface area (Å²) in [7, 11) is 0. The number of benzene rings is 1. The highest BCUT2D eigenvalue weighted by Crippen LogP contribution is 2.29. The van der Waals surface area contributed by atoms with Crippen molar-refractivity contribution in [2.45, 2.75) is 6.04 Å². The second kappa shape index (κ2) is 4.68. The molecule has 0 radical (unpaired) electrons. The van der Waals surface area contributed by atoms with E-state index in [0.29, 0.717) is 5.82 Å². The van der Waals surface area contributed by atoms with Crippen LogP contribution in [0.1, 0.15) is 17.2 Å². The maximum atomic E-state index is 5.87. The van der Waals surface area contributed by atoms with E-state index in [4.69, 9.17) is 11.6 Å². The molecular formula is C13H14N6. The molecule has 1 unspecified atom stereocenters. The van der Waals surface area contributed by atoms with Gasteiger partial charge in [-0.2, -0.15) is 5.10 Å². The molecule has 0 bridgehead atoms. The van der Waals surface area contributed by atoms with Crippen LogP contribution in [0.15, 0.2) is 42.7 Å². The molecule has 0 aliphatic rings. The molecule has 0 spiro atoms. The Morgan fingerprint density at radius 2 is 2.05 bits per heavy atom. The molecule has 6 heteroatoms. The number of nitrogen functional groups attached to an aromatic ring is 1. The van der Waals surface area contributed by atoms with Crippen molar-refractivity contribution < 1.29 is 0 Å². The molecule has 6 N–H and O–H groups in total. The number of hydrogen-bond donors (Lipinski definition) is 4. The maximum Gasteiger partial charge on any atom is 0.124 e. The molecule has 1 atom stereocenters. The van der Waals surface area contributed by atoms with Gasteiger partial charge in [-0.15, -0.1) is 0 Å². The van der Waals surface area contributed by atoms with E-state index in [0.717, 1.165) is 22.0 Å². The van der Waals surface area contributed by atoms with E-state index < -0.39 is 0 Å². The summed E-state index contributed by atoms with van der Waals surface area (Å²) in [6, 6.07) is 9.60. The summed E-state index contributed by atoms with van der Waals surface area (Å²) >= 11 is 0. The van der Waals surface area contributed by atoms with Crippen molar-refractivity contribution in [1.82, 2.24) is 20.6 Å². The smallest absolute Gasteiger partial charge is 0.124 e. The standard InChI is InChI=1S/C13H14N6/c14-13-10(7-17-19-13)12(18-15)9-3-1-5-11-8(9)4-2-6-16-11/h1-7,12,18H,15H2,(H3,14,17,19). The van der Waals surface area contributed by atoms with Crippen molar-refractivity contribution >= 4 is 16.7 Å². The molecule has 3 aromatic rings. The first-order valence-corrected chi connectivity index (χ1v) is 5.90. The average molecular weight is 254 g/mol.